The van der Waals surface area contributed by atoms with E-state index in [4.69, 9.17) is 11.5 Å². The van der Waals surface area contributed by atoms with E-state index in [1.54, 1.807) is 0 Å². The second kappa shape index (κ2) is 3.73. The Morgan fingerprint density at radius 1 is 0.722 bits per heavy atom. The van der Waals surface area contributed by atoms with E-state index in [1.165, 1.54) is 22.3 Å². The van der Waals surface area contributed by atoms with Gasteiger partial charge in [0.2, 0.25) is 0 Å². The molecule has 0 aromatic rings. The molecule has 0 saturated carbocycles. The summed E-state index contributed by atoms with van der Waals surface area (Å²) in [4.78, 5) is 0. The molecule has 0 unspecified atom stereocenters. The summed E-state index contributed by atoms with van der Waals surface area (Å²) in [5, 5.41) is 9.81. The summed E-state index contributed by atoms with van der Waals surface area (Å²) in [6.45, 7) is 4.14. The van der Waals surface area contributed by atoms with E-state index >= 15 is 0 Å². The lowest BCUT2D eigenvalue weighted by Gasteiger charge is -2.34. The van der Waals surface area contributed by atoms with Crippen LogP contribution in [-0.2, 0) is 0 Å². The maximum atomic E-state index is 5.93. The van der Waals surface area contributed by atoms with Gasteiger partial charge in [0.1, 0.15) is 23.3 Å². The van der Waals surface area contributed by atoms with Gasteiger partial charge in [-0.05, 0) is 55.4 Å². The predicted octanol–water partition coefficient (Wildman–Crippen LogP) is 0.770. The monoisotopic (exact) mass is 245 g/mol. The van der Waals surface area contributed by atoms with E-state index < -0.39 is 0 Å². The molecule has 3 heterocycles. The lowest BCUT2D eigenvalue weighted by molar-refractivity contribution is 0.637. The zero-order valence-corrected chi connectivity index (χ0v) is 10.8. The van der Waals surface area contributed by atoms with Gasteiger partial charge in [0.25, 0.3) is 0 Å². The Bertz CT molecular complexity index is 454. The predicted molar refractivity (Wildman–Crippen MR) is 71.1 cm³/mol. The Labute approximate surface area is 107 Å². The van der Waals surface area contributed by atoms with Crippen LogP contribution in [0.3, 0.4) is 0 Å². The quantitative estimate of drug-likeness (QED) is 0.435. The summed E-state index contributed by atoms with van der Waals surface area (Å²) >= 11 is 0. The van der Waals surface area contributed by atoms with Gasteiger partial charge in [0, 0.05) is 0 Å². The van der Waals surface area contributed by atoms with Gasteiger partial charge < -0.3 is 27.4 Å². The molecule has 18 heavy (non-hydrogen) atoms. The molecule has 0 bridgehead atoms. The van der Waals surface area contributed by atoms with Crippen LogP contribution < -0.4 is 27.4 Å². The van der Waals surface area contributed by atoms with Crippen LogP contribution in [0.4, 0.5) is 0 Å². The Morgan fingerprint density at radius 2 is 1.17 bits per heavy atom. The molecule has 0 radical (unpaired) electrons. The summed E-state index contributed by atoms with van der Waals surface area (Å²) in [5.74, 6) is 3.52. The van der Waals surface area contributed by atoms with Crippen molar-refractivity contribution in [1.82, 2.24) is 16.0 Å². The summed E-state index contributed by atoms with van der Waals surface area (Å²) in [6, 6.07) is 0. The van der Waals surface area contributed by atoms with Crippen LogP contribution in [0.1, 0.15) is 33.1 Å². The maximum absolute atomic E-state index is 5.93. The van der Waals surface area contributed by atoms with E-state index in [-0.39, 0.29) is 0 Å². The molecular weight excluding hydrogens is 226 g/mol. The van der Waals surface area contributed by atoms with Crippen molar-refractivity contribution < 1.29 is 0 Å². The van der Waals surface area contributed by atoms with E-state index in [1.807, 2.05) is 0 Å². The summed E-state index contributed by atoms with van der Waals surface area (Å²) < 4.78 is 0. The van der Waals surface area contributed by atoms with Crippen LogP contribution in [0.15, 0.2) is 45.6 Å². The fourth-order valence-corrected chi connectivity index (χ4v) is 2.59. The molecule has 0 aliphatic carbocycles. The SMILES string of the molecule is CC1=C(N)NC2=C(C1)CC1=C(NC(N)=C(C)C1)N2. The molecule has 0 aromatic carbocycles. The van der Waals surface area contributed by atoms with Gasteiger partial charge in [0.05, 0.1) is 0 Å². The number of allylic oxidation sites excluding steroid dienone is 4. The van der Waals surface area contributed by atoms with Crippen molar-refractivity contribution in [3.05, 3.63) is 45.6 Å². The number of dihydropyridines is 3. The molecule has 5 heteroatoms. The molecule has 3 aliphatic rings. The number of nitrogens with two attached hydrogens (primary N) is 2. The Kier molecular flexibility index (Phi) is 2.29. The highest BCUT2D eigenvalue weighted by Gasteiger charge is 2.26. The molecular formula is C13H19N5. The van der Waals surface area contributed by atoms with Gasteiger partial charge in [-0.1, -0.05) is 0 Å². The standard InChI is InChI=1S/C13H19N5/c1-6-3-8-5-9-4-7(2)11(15)17-13(9)18-12(8)16-10(6)14/h16-18H,3-5,14-15H2,1-2H3. The highest BCUT2D eigenvalue weighted by molar-refractivity contribution is 5.42. The number of rotatable bonds is 0. The van der Waals surface area contributed by atoms with Gasteiger partial charge in [-0.15, -0.1) is 0 Å². The summed E-state index contributed by atoms with van der Waals surface area (Å²) in [5.41, 5.74) is 17.0. The second-order valence-electron chi connectivity index (χ2n) is 5.25. The van der Waals surface area contributed by atoms with Crippen molar-refractivity contribution >= 4 is 0 Å². The number of hydrogen-bond acceptors (Lipinski definition) is 5. The smallest absolute Gasteiger partial charge is 0.110 e. The van der Waals surface area contributed by atoms with Crippen molar-refractivity contribution in [1.29, 1.82) is 0 Å². The molecule has 3 aliphatic heterocycles. The molecule has 0 saturated heterocycles. The minimum absolute atomic E-state index is 0.751. The zero-order valence-electron chi connectivity index (χ0n) is 10.8. The highest BCUT2D eigenvalue weighted by atomic mass is 15.2. The molecule has 0 amide bonds. The minimum atomic E-state index is 0.751. The van der Waals surface area contributed by atoms with Crippen molar-refractivity contribution in [3.63, 3.8) is 0 Å². The van der Waals surface area contributed by atoms with Gasteiger partial charge in [0.15, 0.2) is 0 Å². The fraction of sp³-hybridized carbons (Fsp3) is 0.385. The van der Waals surface area contributed by atoms with Crippen molar-refractivity contribution in [2.75, 3.05) is 0 Å². The molecule has 0 fully saturated rings. The lowest BCUT2D eigenvalue weighted by atomic mass is 9.90. The van der Waals surface area contributed by atoms with Crippen LogP contribution >= 0.6 is 0 Å². The van der Waals surface area contributed by atoms with Crippen LogP contribution in [0.2, 0.25) is 0 Å². The molecule has 7 N–H and O–H groups in total. The maximum Gasteiger partial charge on any atom is 0.110 e. The number of nitrogens with one attached hydrogen (secondary N) is 3. The lowest BCUT2D eigenvalue weighted by Crippen LogP contribution is -2.42. The van der Waals surface area contributed by atoms with Crippen LogP contribution in [0.25, 0.3) is 0 Å². The average molecular weight is 245 g/mol. The molecule has 96 valence electrons. The van der Waals surface area contributed by atoms with Crippen molar-refractivity contribution in [3.8, 4) is 0 Å². The molecule has 0 aromatic heterocycles. The van der Waals surface area contributed by atoms with Crippen molar-refractivity contribution in [2.45, 2.75) is 33.1 Å². The van der Waals surface area contributed by atoms with E-state index in [2.05, 4.69) is 29.8 Å². The fourth-order valence-electron chi connectivity index (χ4n) is 2.59. The molecule has 0 atom stereocenters. The van der Waals surface area contributed by atoms with E-state index in [0.29, 0.717) is 0 Å². The largest absolute Gasteiger partial charge is 0.385 e. The first-order chi connectivity index (χ1) is 8.54. The van der Waals surface area contributed by atoms with Crippen molar-refractivity contribution in [2.24, 2.45) is 11.5 Å². The zero-order chi connectivity index (χ0) is 12.9. The van der Waals surface area contributed by atoms with Gasteiger partial charge in [-0.2, -0.15) is 0 Å². The summed E-state index contributed by atoms with van der Waals surface area (Å²) in [7, 11) is 0. The third kappa shape index (κ3) is 1.63. The molecule has 5 nitrogen and oxygen atoms in total. The third-order valence-electron chi connectivity index (χ3n) is 3.78. The first-order valence-corrected chi connectivity index (χ1v) is 6.20. The number of hydrogen-bond donors (Lipinski definition) is 5. The Morgan fingerprint density at radius 3 is 1.61 bits per heavy atom. The highest BCUT2D eigenvalue weighted by Crippen LogP contribution is 2.33. The van der Waals surface area contributed by atoms with E-state index in [9.17, 15) is 0 Å². The van der Waals surface area contributed by atoms with Gasteiger partial charge in [-0.3, -0.25) is 0 Å². The topological polar surface area (TPSA) is 88.1 Å². The molecule has 0 spiro atoms. The molecule has 3 rings (SSSR count). The van der Waals surface area contributed by atoms with Gasteiger partial charge >= 0.3 is 0 Å². The van der Waals surface area contributed by atoms with Crippen LogP contribution in [0, 0.1) is 0 Å². The van der Waals surface area contributed by atoms with Crippen LogP contribution in [-0.4, -0.2) is 0 Å². The Balaban J connectivity index is 1.83. The van der Waals surface area contributed by atoms with Crippen LogP contribution in [0.5, 0.6) is 0 Å². The average Bonchev–Trinajstić information content (AvgIpc) is 2.31. The first kappa shape index (κ1) is 11.1. The third-order valence-corrected chi connectivity index (χ3v) is 3.78. The minimum Gasteiger partial charge on any atom is -0.385 e. The summed E-state index contributed by atoms with van der Waals surface area (Å²) in [6.07, 6.45) is 2.86. The second-order valence-corrected chi connectivity index (χ2v) is 5.25. The Hall–Kier alpha value is -2.04. The normalized spacial score (nSPS) is 23.2. The first-order valence-electron chi connectivity index (χ1n) is 6.20. The van der Waals surface area contributed by atoms with Gasteiger partial charge in [-0.25, -0.2) is 0 Å². The van der Waals surface area contributed by atoms with E-state index in [0.717, 1.165) is 42.5 Å².